The van der Waals surface area contributed by atoms with Crippen molar-refractivity contribution in [2.45, 2.75) is 65.0 Å². The molecule has 5 nitrogen and oxygen atoms in total. The number of nitriles is 1. The molecular formula is C18H24N2O3S. The van der Waals surface area contributed by atoms with Gasteiger partial charge < -0.3 is 10.1 Å². The van der Waals surface area contributed by atoms with E-state index in [-0.39, 0.29) is 5.92 Å². The van der Waals surface area contributed by atoms with Crippen LogP contribution in [-0.2, 0) is 22.4 Å². The first kappa shape index (κ1) is 18.5. The molecule has 0 fully saturated rings. The molecular weight excluding hydrogens is 324 g/mol. The Bertz CT molecular complexity index is 674. The second-order valence-electron chi connectivity index (χ2n) is 6.76. The van der Waals surface area contributed by atoms with Crippen molar-refractivity contribution in [3.8, 4) is 6.07 Å². The Labute approximate surface area is 147 Å². The predicted molar refractivity (Wildman–Crippen MR) is 92.8 cm³/mol. The minimum absolute atomic E-state index is 0.0572. The number of hydrogen-bond donors (Lipinski definition) is 1. The summed E-state index contributed by atoms with van der Waals surface area (Å²) in [4.78, 5) is 25.9. The Balaban J connectivity index is 2.03. The minimum atomic E-state index is -0.987. The van der Waals surface area contributed by atoms with Crippen molar-refractivity contribution in [3.63, 3.8) is 0 Å². The average molecular weight is 348 g/mol. The number of esters is 1. The number of nitrogens with one attached hydrogen (secondary N) is 1. The van der Waals surface area contributed by atoms with Crippen LogP contribution in [0.2, 0.25) is 0 Å². The fourth-order valence-corrected chi connectivity index (χ4v) is 3.72. The SMILES string of the molecule is CC(C)[C@](C)(C#N)NC(=O)[C@H](C)OC(=O)c1csc2c1CCCC2. The molecule has 0 saturated heterocycles. The molecule has 0 unspecified atom stereocenters. The zero-order valence-electron chi connectivity index (χ0n) is 14.6. The fraction of sp³-hybridized carbons (Fsp3) is 0.611. The van der Waals surface area contributed by atoms with Gasteiger partial charge in [0.1, 0.15) is 5.54 Å². The Morgan fingerprint density at radius 3 is 2.62 bits per heavy atom. The van der Waals surface area contributed by atoms with E-state index < -0.39 is 23.5 Å². The van der Waals surface area contributed by atoms with Crippen LogP contribution >= 0.6 is 11.3 Å². The summed E-state index contributed by atoms with van der Waals surface area (Å²) in [5.41, 5.74) is 0.674. The summed E-state index contributed by atoms with van der Waals surface area (Å²) in [6, 6.07) is 2.11. The zero-order valence-corrected chi connectivity index (χ0v) is 15.5. The molecule has 1 aliphatic rings. The van der Waals surface area contributed by atoms with Crippen LogP contribution in [-0.4, -0.2) is 23.5 Å². The van der Waals surface area contributed by atoms with Crippen molar-refractivity contribution in [2.24, 2.45) is 5.92 Å². The molecule has 2 rings (SSSR count). The maximum atomic E-state index is 12.4. The molecule has 0 bridgehead atoms. The van der Waals surface area contributed by atoms with Crippen LogP contribution in [0.1, 0.15) is 61.3 Å². The summed E-state index contributed by atoms with van der Waals surface area (Å²) in [7, 11) is 0. The molecule has 1 aromatic rings. The summed E-state index contributed by atoms with van der Waals surface area (Å²) in [5, 5.41) is 13.8. The lowest BCUT2D eigenvalue weighted by Crippen LogP contribution is -2.52. The van der Waals surface area contributed by atoms with E-state index in [2.05, 4.69) is 11.4 Å². The number of carbonyl (C=O) groups is 2. The van der Waals surface area contributed by atoms with Gasteiger partial charge in [-0.15, -0.1) is 11.3 Å². The van der Waals surface area contributed by atoms with Crippen LogP contribution in [0.25, 0.3) is 0 Å². The van der Waals surface area contributed by atoms with Crippen molar-refractivity contribution >= 4 is 23.2 Å². The maximum absolute atomic E-state index is 12.4. The lowest BCUT2D eigenvalue weighted by atomic mass is 9.90. The van der Waals surface area contributed by atoms with Gasteiger partial charge in [0.25, 0.3) is 5.91 Å². The zero-order chi connectivity index (χ0) is 17.9. The quantitative estimate of drug-likeness (QED) is 0.829. The first-order chi connectivity index (χ1) is 11.3. The maximum Gasteiger partial charge on any atom is 0.340 e. The highest BCUT2D eigenvalue weighted by atomic mass is 32.1. The summed E-state index contributed by atoms with van der Waals surface area (Å²) in [6.07, 6.45) is 3.20. The van der Waals surface area contributed by atoms with E-state index in [1.54, 1.807) is 18.3 Å². The first-order valence-electron chi connectivity index (χ1n) is 8.32. The van der Waals surface area contributed by atoms with Gasteiger partial charge in [0.15, 0.2) is 6.10 Å². The van der Waals surface area contributed by atoms with Gasteiger partial charge in [-0.1, -0.05) is 13.8 Å². The van der Waals surface area contributed by atoms with Gasteiger partial charge in [-0.2, -0.15) is 5.26 Å². The fourth-order valence-electron chi connectivity index (χ4n) is 2.60. The smallest absolute Gasteiger partial charge is 0.340 e. The van der Waals surface area contributed by atoms with Crippen molar-refractivity contribution in [1.29, 1.82) is 5.26 Å². The Morgan fingerprint density at radius 2 is 2.00 bits per heavy atom. The average Bonchev–Trinajstić information content (AvgIpc) is 2.98. The van der Waals surface area contributed by atoms with Crippen molar-refractivity contribution < 1.29 is 14.3 Å². The number of thiophene rings is 1. The third kappa shape index (κ3) is 3.78. The van der Waals surface area contributed by atoms with Gasteiger partial charge >= 0.3 is 5.97 Å². The van der Waals surface area contributed by atoms with E-state index in [0.717, 1.165) is 31.2 Å². The van der Waals surface area contributed by atoms with Crippen LogP contribution in [0.5, 0.6) is 0 Å². The number of aryl methyl sites for hydroxylation is 1. The second kappa shape index (κ2) is 7.35. The van der Waals surface area contributed by atoms with E-state index in [1.807, 2.05) is 19.2 Å². The highest BCUT2D eigenvalue weighted by molar-refractivity contribution is 7.10. The van der Waals surface area contributed by atoms with E-state index in [0.29, 0.717) is 5.56 Å². The van der Waals surface area contributed by atoms with Crippen LogP contribution in [0.4, 0.5) is 0 Å². The number of fused-ring (bicyclic) bond motifs is 1. The topological polar surface area (TPSA) is 79.2 Å². The van der Waals surface area contributed by atoms with Gasteiger partial charge in [-0.25, -0.2) is 4.79 Å². The number of amides is 1. The first-order valence-corrected chi connectivity index (χ1v) is 9.20. The minimum Gasteiger partial charge on any atom is -0.449 e. The van der Waals surface area contributed by atoms with Gasteiger partial charge in [0.05, 0.1) is 11.6 Å². The molecule has 0 aromatic carbocycles. The molecule has 0 aliphatic heterocycles. The molecule has 1 aliphatic carbocycles. The standard InChI is InChI=1S/C18H24N2O3S/c1-11(2)18(4,10-19)20-16(21)12(3)23-17(22)14-9-24-15-8-6-5-7-13(14)15/h9,11-12H,5-8H2,1-4H3,(H,20,21)/t12-,18-/m0/s1. The third-order valence-electron chi connectivity index (χ3n) is 4.70. The molecule has 130 valence electrons. The van der Waals surface area contributed by atoms with Crippen LogP contribution in [0, 0.1) is 17.2 Å². The monoisotopic (exact) mass is 348 g/mol. The van der Waals surface area contributed by atoms with Crippen LogP contribution < -0.4 is 5.32 Å². The molecule has 0 spiro atoms. The van der Waals surface area contributed by atoms with Crippen molar-refractivity contribution in [2.75, 3.05) is 0 Å². The molecule has 6 heteroatoms. The number of nitrogens with zero attached hydrogens (tertiary/aromatic N) is 1. The molecule has 24 heavy (non-hydrogen) atoms. The molecule has 1 aromatic heterocycles. The largest absolute Gasteiger partial charge is 0.449 e. The summed E-state index contributed by atoms with van der Waals surface area (Å²) in [5.74, 6) is -0.969. The third-order valence-corrected chi connectivity index (χ3v) is 5.79. The van der Waals surface area contributed by atoms with E-state index in [4.69, 9.17) is 4.74 Å². The van der Waals surface area contributed by atoms with E-state index in [9.17, 15) is 14.9 Å². The molecule has 1 amide bonds. The van der Waals surface area contributed by atoms with Crippen LogP contribution in [0.15, 0.2) is 5.38 Å². The number of rotatable bonds is 5. The summed E-state index contributed by atoms with van der Waals surface area (Å²) in [6.45, 7) is 6.92. The number of carbonyl (C=O) groups excluding carboxylic acids is 2. The Kier molecular flexibility index (Phi) is 5.66. The second-order valence-corrected chi connectivity index (χ2v) is 7.73. The van der Waals surface area contributed by atoms with E-state index >= 15 is 0 Å². The lowest BCUT2D eigenvalue weighted by Gasteiger charge is -2.28. The van der Waals surface area contributed by atoms with Crippen LogP contribution in [0.3, 0.4) is 0 Å². The molecule has 0 radical (unpaired) electrons. The summed E-state index contributed by atoms with van der Waals surface area (Å²) >= 11 is 1.59. The molecule has 2 atom stereocenters. The van der Waals surface area contributed by atoms with Crippen molar-refractivity contribution in [1.82, 2.24) is 5.32 Å². The highest BCUT2D eigenvalue weighted by Crippen LogP contribution is 2.30. The van der Waals surface area contributed by atoms with Gasteiger partial charge in [-0.05, 0) is 51.0 Å². The Morgan fingerprint density at radius 1 is 1.33 bits per heavy atom. The summed E-state index contributed by atoms with van der Waals surface area (Å²) < 4.78 is 5.34. The van der Waals surface area contributed by atoms with Crippen molar-refractivity contribution in [3.05, 3.63) is 21.4 Å². The predicted octanol–water partition coefficient (Wildman–Crippen LogP) is 3.23. The molecule has 1 heterocycles. The normalized spacial score (nSPS) is 17.3. The van der Waals surface area contributed by atoms with E-state index in [1.165, 1.54) is 11.8 Å². The number of ether oxygens (including phenoxy) is 1. The van der Waals surface area contributed by atoms with Gasteiger partial charge in [-0.3, -0.25) is 4.79 Å². The lowest BCUT2D eigenvalue weighted by molar-refractivity contribution is -0.130. The molecule has 1 N–H and O–H groups in total. The highest BCUT2D eigenvalue weighted by Gasteiger charge is 2.33. The Hall–Kier alpha value is -1.87. The number of hydrogen-bond acceptors (Lipinski definition) is 5. The van der Waals surface area contributed by atoms with Gasteiger partial charge in [0, 0.05) is 10.3 Å². The van der Waals surface area contributed by atoms with Gasteiger partial charge in [0.2, 0.25) is 0 Å². The molecule has 0 saturated carbocycles.